The Morgan fingerprint density at radius 1 is 1.40 bits per heavy atom. The number of ether oxygens (including phenoxy) is 1. The van der Waals surface area contributed by atoms with E-state index in [2.05, 4.69) is 10.1 Å². The van der Waals surface area contributed by atoms with Crippen molar-refractivity contribution in [1.82, 2.24) is 10.1 Å². The molecule has 0 bridgehead atoms. The Bertz CT molecular complexity index is 619. The van der Waals surface area contributed by atoms with Crippen molar-refractivity contribution in [2.24, 2.45) is 5.73 Å². The zero-order valence-corrected chi connectivity index (χ0v) is 11.3. The molecule has 1 aliphatic heterocycles. The summed E-state index contributed by atoms with van der Waals surface area (Å²) in [5.74, 6) is 0.213. The Kier molecular flexibility index (Phi) is 3.69. The molecule has 1 aliphatic rings. The van der Waals surface area contributed by atoms with Gasteiger partial charge in [-0.2, -0.15) is 4.98 Å². The quantitative estimate of drug-likeness (QED) is 0.921. The van der Waals surface area contributed by atoms with Crippen molar-refractivity contribution in [1.29, 1.82) is 0 Å². The average Bonchev–Trinajstić information content (AvgIpc) is 2.88. The van der Waals surface area contributed by atoms with E-state index in [4.69, 9.17) is 26.6 Å². The lowest BCUT2D eigenvalue weighted by Crippen LogP contribution is -2.37. The van der Waals surface area contributed by atoms with Crippen LogP contribution in [0.4, 0.5) is 4.39 Å². The van der Waals surface area contributed by atoms with Gasteiger partial charge in [-0.05, 0) is 24.6 Å². The van der Waals surface area contributed by atoms with Crippen LogP contribution in [0, 0.1) is 5.82 Å². The zero-order valence-electron chi connectivity index (χ0n) is 10.6. The number of nitrogens with two attached hydrogens (primary N) is 1. The first-order chi connectivity index (χ1) is 9.65. The van der Waals surface area contributed by atoms with Crippen molar-refractivity contribution in [2.75, 3.05) is 13.2 Å². The number of hydrogen-bond acceptors (Lipinski definition) is 5. The molecule has 0 amide bonds. The topological polar surface area (TPSA) is 74.2 Å². The Morgan fingerprint density at radius 3 is 3.00 bits per heavy atom. The minimum absolute atomic E-state index is 0.0688. The second kappa shape index (κ2) is 5.47. The molecule has 0 saturated carbocycles. The molecule has 20 heavy (non-hydrogen) atoms. The molecule has 106 valence electrons. The van der Waals surface area contributed by atoms with Crippen molar-refractivity contribution in [3.8, 4) is 11.4 Å². The highest BCUT2D eigenvalue weighted by atomic mass is 35.5. The summed E-state index contributed by atoms with van der Waals surface area (Å²) in [5.41, 5.74) is 6.55. The van der Waals surface area contributed by atoms with E-state index < -0.39 is 5.82 Å². The van der Waals surface area contributed by atoms with Gasteiger partial charge in [-0.25, -0.2) is 4.39 Å². The van der Waals surface area contributed by atoms with Gasteiger partial charge in [0.15, 0.2) is 0 Å². The second-order valence-corrected chi connectivity index (χ2v) is 5.12. The van der Waals surface area contributed by atoms with Crippen LogP contribution in [0.25, 0.3) is 11.4 Å². The van der Waals surface area contributed by atoms with Gasteiger partial charge in [0.2, 0.25) is 11.7 Å². The summed E-state index contributed by atoms with van der Waals surface area (Å²) < 4.78 is 23.6. The van der Waals surface area contributed by atoms with Crippen LogP contribution in [-0.2, 0) is 4.74 Å². The van der Waals surface area contributed by atoms with Gasteiger partial charge in [-0.15, -0.1) is 0 Å². The zero-order chi connectivity index (χ0) is 14.1. The Morgan fingerprint density at radius 2 is 2.25 bits per heavy atom. The molecule has 1 aromatic carbocycles. The number of aromatic nitrogens is 2. The highest BCUT2D eigenvalue weighted by Crippen LogP contribution is 2.29. The summed E-state index contributed by atoms with van der Waals surface area (Å²) in [6.07, 6.45) is 0.750. The predicted molar refractivity (Wildman–Crippen MR) is 70.9 cm³/mol. The summed E-state index contributed by atoms with van der Waals surface area (Å²) in [6.45, 7) is 1.10. The van der Waals surface area contributed by atoms with E-state index in [0.29, 0.717) is 30.5 Å². The van der Waals surface area contributed by atoms with Gasteiger partial charge >= 0.3 is 0 Å². The van der Waals surface area contributed by atoms with E-state index in [0.717, 1.165) is 6.42 Å². The van der Waals surface area contributed by atoms with Gasteiger partial charge < -0.3 is 15.0 Å². The maximum atomic E-state index is 13.0. The van der Waals surface area contributed by atoms with Crippen LogP contribution in [0.2, 0.25) is 5.02 Å². The molecule has 2 aromatic rings. The monoisotopic (exact) mass is 297 g/mol. The average molecular weight is 298 g/mol. The third-order valence-electron chi connectivity index (χ3n) is 3.34. The number of benzene rings is 1. The Labute approximate surface area is 119 Å². The van der Waals surface area contributed by atoms with Crippen LogP contribution in [0.1, 0.15) is 18.2 Å². The minimum Gasteiger partial charge on any atom is -0.381 e. The molecular weight excluding hydrogens is 285 g/mol. The number of halogens is 2. The lowest BCUT2D eigenvalue weighted by atomic mass is 9.97. The molecule has 7 heteroatoms. The summed E-state index contributed by atoms with van der Waals surface area (Å²) in [6, 6.07) is 3.96. The van der Waals surface area contributed by atoms with Crippen LogP contribution in [-0.4, -0.2) is 29.4 Å². The number of rotatable bonds is 2. The molecule has 0 radical (unpaired) electrons. The molecule has 2 heterocycles. The van der Waals surface area contributed by atoms with Crippen molar-refractivity contribution >= 4 is 11.6 Å². The SMILES string of the molecule is NC1CCOCC1c1nc(-c2ccc(F)cc2Cl)no1. The summed E-state index contributed by atoms with van der Waals surface area (Å²) in [4.78, 5) is 4.30. The highest BCUT2D eigenvalue weighted by molar-refractivity contribution is 6.33. The third-order valence-corrected chi connectivity index (χ3v) is 3.65. The molecule has 1 fully saturated rings. The Hall–Kier alpha value is -1.50. The fourth-order valence-electron chi connectivity index (χ4n) is 2.17. The number of nitrogens with zero attached hydrogens (tertiary/aromatic N) is 2. The van der Waals surface area contributed by atoms with Gasteiger partial charge in [-0.3, -0.25) is 0 Å². The van der Waals surface area contributed by atoms with Gasteiger partial charge in [0.05, 0.1) is 17.5 Å². The van der Waals surface area contributed by atoms with E-state index in [1.165, 1.54) is 18.2 Å². The first kappa shape index (κ1) is 13.5. The third kappa shape index (κ3) is 2.54. The maximum Gasteiger partial charge on any atom is 0.233 e. The van der Waals surface area contributed by atoms with Crippen molar-refractivity contribution in [3.05, 3.63) is 34.9 Å². The standard InChI is InChI=1S/C13H13ClFN3O2/c14-10-5-7(15)1-2-8(10)12-17-13(20-18-12)9-6-19-4-3-11(9)16/h1-2,5,9,11H,3-4,6,16H2. The molecule has 1 saturated heterocycles. The molecule has 2 atom stereocenters. The van der Waals surface area contributed by atoms with Crippen LogP contribution >= 0.6 is 11.6 Å². The van der Waals surface area contributed by atoms with Gasteiger partial charge in [0.25, 0.3) is 0 Å². The maximum absolute atomic E-state index is 13.0. The smallest absolute Gasteiger partial charge is 0.233 e. The molecule has 2 N–H and O–H groups in total. The normalized spacial score (nSPS) is 22.9. The second-order valence-electron chi connectivity index (χ2n) is 4.71. The van der Waals surface area contributed by atoms with Crippen molar-refractivity contribution in [2.45, 2.75) is 18.4 Å². The van der Waals surface area contributed by atoms with Gasteiger partial charge in [0.1, 0.15) is 5.82 Å². The molecule has 5 nitrogen and oxygen atoms in total. The van der Waals surface area contributed by atoms with Crippen LogP contribution in [0.3, 0.4) is 0 Å². The molecule has 1 aromatic heterocycles. The fraction of sp³-hybridized carbons (Fsp3) is 0.385. The molecular formula is C13H13ClFN3O2. The minimum atomic E-state index is -0.412. The summed E-state index contributed by atoms with van der Waals surface area (Å²) >= 11 is 5.98. The van der Waals surface area contributed by atoms with Gasteiger partial charge in [0, 0.05) is 18.2 Å². The highest BCUT2D eigenvalue weighted by Gasteiger charge is 2.29. The lowest BCUT2D eigenvalue weighted by molar-refractivity contribution is 0.0590. The molecule has 3 rings (SSSR count). The largest absolute Gasteiger partial charge is 0.381 e. The van der Waals surface area contributed by atoms with Gasteiger partial charge in [-0.1, -0.05) is 16.8 Å². The van der Waals surface area contributed by atoms with Crippen LogP contribution < -0.4 is 5.73 Å². The number of hydrogen-bond donors (Lipinski definition) is 1. The Balaban J connectivity index is 1.89. The molecule has 0 aliphatic carbocycles. The van der Waals surface area contributed by atoms with Crippen molar-refractivity contribution < 1.29 is 13.7 Å². The molecule has 2 unspecified atom stereocenters. The first-order valence-electron chi connectivity index (χ1n) is 6.27. The van der Waals surface area contributed by atoms with Crippen LogP contribution in [0.5, 0.6) is 0 Å². The first-order valence-corrected chi connectivity index (χ1v) is 6.65. The molecule has 0 spiro atoms. The van der Waals surface area contributed by atoms with E-state index >= 15 is 0 Å². The van der Waals surface area contributed by atoms with E-state index in [1.807, 2.05) is 0 Å². The lowest BCUT2D eigenvalue weighted by Gasteiger charge is -2.25. The van der Waals surface area contributed by atoms with Crippen molar-refractivity contribution in [3.63, 3.8) is 0 Å². The van der Waals surface area contributed by atoms with E-state index in [9.17, 15) is 4.39 Å². The predicted octanol–water partition coefficient (Wildman–Crippen LogP) is 2.36. The summed E-state index contributed by atoms with van der Waals surface area (Å²) in [7, 11) is 0. The van der Waals surface area contributed by atoms with E-state index in [-0.39, 0.29) is 17.0 Å². The fourth-order valence-corrected chi connectivity index (χ4v) is 2.43. The van der Waals surface area contributed by atoms with E-state index in [1.54, 1.807) is 0 Å². The summed E-state index contributed by atoms with van der Waals surface area (Å²) in [5, 5.41) is 4.12. The van der Waals surface area contributed by atoms with Crippen LogP contribution in [0.15, 0.2) is 22.7 Å².